The summed E-state index contributed by atoms with van der Waals surface area (Å²) in [6.45, 7) is 3.06. The summed E-state index contributed by atoms with van der Waals surface area (Å²) in [5.74, 6) is 1.63. The zero-order valence-corrected chi connectivity index (χ0v) is 12.0. The number of aliphatic hydroxyl groups is 1. The second-order valence-electron chi connectivity index (χ2n) is 4.80. The first-order valence-electron chi connectivity index (χ1n) is 6.85. The Morgan fingerprint density at radius 2 is 1.90 bits per heavy atom. The molecule has 0 bridgehead atoms. The van der Waals surface area contributed by atoms with Gasteiger partial charge < -0.3 is 15.2 Å². The Morgan fingerprint density at radius 3 is 2.60 bits per heavy atom. The van der Waals surface area contributed by atoms with Crippen molar-refractivity contribution in [2.24, 2.45) is 0 Å². The average Bonchev–Trinajstić information content (AvgIpc) is 2.44. The zero-order chi connectivity index (χ0) is 14.4. The van der Waals surface area contributed by atoms with E-state index in [0.29, 0.717) is 6.42 Å². The van der Waals surface area contributed by atoms with Crippen LogP contribution < -0.4 is 10.1 Å². The molecule has 2 N–H and O–H groups in total. The third-order valence-electron chi connectivity index (χ3n) is 3.26. The van der Waals surface area contributed by atoms with Gasteiger partial charge in [0.25, 0.3) is 0 Å². The molecular weight excluding hydrogens is 250 g/mol. The molecule has 0 spiro atoms. The summed E-state index contributed by atoms with van der Waals surface area (Å²) >= 11 is 0. The minimum atomic E-state index is 0.126. The van der Waals surface area contributed by atoms with Gasteiger partial charge in [-0.3, -0.25) is 0 Å². The molecule has 0 unspecified atom stereocenters. The summed E-state index contributed by atoms with van der Waals surface area (Å²) in [7, 11) is 1.94. The Morgan fingerprint density at radius 1 is 1.10 bits per heavy atom. The topological polar surface area (TPSA) is 41.5 Å². The molecule has 0 aliphatic heterocycles. The fourth-order valence-corrected chi connectivity index (χ4v) is 2.18. The molecule has 0 heterocycles. The summed E-state index contributed by atoms with van der Waals surface area (Å²) in [4.78, 5) is 0. The molecule has 3 nitrogen and oxygen atoms in total. The van der Waals surface area contributed by atoms with E-state index in [2.05, 4.69) is 18.3 Å². The van der Waals surface area contributed by atoms with Gasteiger partial charge in [-0.05, 0) is 55.3 Å². The van der Waals surface area contributed by atoms with Crippen LogP contribution in [-0.4, -0.2) is 18.8 Å². The Balaban J connectivity index is 2.20. The lowest BCUT2D eigenvalue weighted by atomic mass is 10.1. The van der Waals surface area contributed by atoms with Crippen molar-refractivity contribution in [1.82, 2.24) is 5.32 Å². The molecule has 0 radical (unpaired) electrons. The van der Waals surface area contributed by atoms with E-state index in [1.54, 1.807) is 0 Å². The van der Waals surface area contributed by atoms with E-state index in [1.807, 2.05) is 43.4 Å². The number of rotatable bonds is 6. The predicted octanol–water partition coefficient (Wildman–Crippen LogP) is 3.04. The van der Waals surface area contributed by atoms with Crippen molar-refractivity contribution in [3.8, 4) is 11.5 Å². The summed E-state index contributed by atoms with van der Waals surface area (Å²) in [5, 5.41) is 12.2. The third kappa shape index (κ3) is 3.59. The highest BCUT2D eigenvalue weighted by atomic mass is 16.5. The zero-order valence-electron chi connectivity index (χ0n) is 12.0. The number of ether oxygens (including phenoxy) is 1. The van der Waals surface area contributed by atoms with Crippen LogP contribution >= 0.6 is 0 Å². The maximum Gasteiger partial charge on any atom is 0.130 e. The van der Waals surface area contributed by atoms with Crippen molar-refractivity contribution < 1.29 is 9.84 Å². The first-order valence-corrected chi connectivity index (χ1v) is 6.85. The lowest BCUT2D eigenvalue weighted by Crippen LogP contribution is -2.06. The van der Waals surface area contributed by atoms with Gasteiger partial charge in [-0.15, -0.1) is 0 Å². The number of aryl methyl sites for hydroxylation is 1. The van der Waals surface area contributed by atoms with Gasteiger partial charge in [0.05, 0.1) is 0 Å². The molecule has 0 aliphatic rings. The lowest BCUT2D eigenvalue weighted by Gasteiger charge is -2.12. The van der Waals surface area contributed by atoms with Gasteiger partial charge >= 0.3 is 0 Å². The average molecular weight is 271 g/mol. The van der Waals surface area contributed by atoms with Gasteiger partial charge in [-0.1, -0.05) is 24.3 Å². The van der Waals surface area contributed by atoms with Crippen molar-refractivity contribution in [2.75, 3.05) is 13.7 Å². The minimum absolute atomic E-state index is 0.126. The van der Waals surface area contributed by atoms with E-state index < -0.39 is 0 Å². The summed E-state index contributed by atoms with van der Waals surface area (Å²) in [5.41, 5.74) is 3.49. The van der Waals surface area contributed by atoms with Gasteiger partial charge in [0.15, 0.2) is 0 Å². The number of nitrogens with one attached hydrogen (secondary N) is 1. The van der Waals surface area contributed by atoms with Crippen LogP contribution in [0.2, 0.25) is 0 Å². The monoisotopic (exact) mass is 271 g/mol. The van der Waals surface area contributed by atoms with Crippen molar-refractivity contribution in [1.29, 1.82) is 0 Å². The highest BCUT2D eigenvalue weighted by Crippen LogP contribution is 2.27. The molecule has 0 saturated heterocycles. The molecule has 20 heavy (non-hydrogen) atoms. The number of hydrogen-bond donors (Lipinski definition) is 2. The molecular formula is C17H21NO2. The van der Waals surface area contributed by atoms with Gasteiger partial charge in [0, 0.05) is 13.2 Å². The van der Waals surface area contributed by atoms with Gasteiger partial charge in [0.1, 0.15) is 11.5 Å². The van der Waals surface area contributed by atoms with Crippen LogP contribution in [0.5, 0.6) is 11.5 Å². The van der Waals surface area contributed by atoms with Crippen LogP contribution in [0.3, 0.4) is 0 Å². The maximum absolute atomic E-state index is 9.09. The summed E-state index contributed by atoms with van der Waals surface area (Å²) < 4.78 is 5.94. The largest absolute Gasteiger partial charge is 0.457 e. The van der Waals surface area contributed by atoms with Crippen LogP contribution in [0.25, 0.3) is 0 Å². The van der Waals surface area contributed by atoms with Crippen LogP contribution in [0.15, 0.2) is 42.5 Å². The third-order valence-corrected chi connectivity index (χ3v) is 3.26. The SMILES string of the molecule is CNCc1ccc(Oc2ccccc2CCO)cc1C. The van der Waals surface area contributed by atoms with Crippen LogP contribution in [0.1, 0.15) is 16.7 Å². The first-order chi connectivity index (χ1) is 9.74. The van der Waals surface area contributed by atoms with Crippen LogP contribution in [-0.2, 0) is 13.0 Å². The Hall–Kier alpha value is -1.84. The Bertz CT molecular complexity index is 567. The van der Waals surface area contributed by atoms with Gasteiger partial charge in [0.2, 0.25) is 0 Å². The van der Waals surface area contributed by atoms with Crippen molar-refractivity contribution in [2.45, 2.75) is 19.9 Å². The van der Waals surface area contributed by atoms with Crippen LogP contribution in [0, 0.1) is 6.92 Å². The quantitative estimate of drug-likeness (QED) is 0.848. The smallest absolute Gasteiger partial charge is 0.130 e. The Labute approximate surface area is 120 Å². The molecule has 2 aromatic carbocycles. The summed E-state index contributed by atoms with van der Waals surface area (Å²) in [6.07, 6.45) is 0.604. The standard InChI is InChI=1S/C17H21NO2/c1-13-11-16(8-7-15(13)12-18-2)20-17-6-4-3-5-14(17)9-10-19/h3-8,11,18-19H,9-10,12H2,1-2H3. The summed E-state index contributed by atoms with van der Waals surface area (Å²) in [6, 6.07) is 13.9. The lowest BCUT2D eigenvalue weighted by molar-refractivity contribution is 0.298. The fourth-order valence-electron chi connectivity index (χ4n) is 2.18. The molecule has 0 saturated carbocycles. The molecule has 0 aliphatic carbocycles. The molecule has 0 amide bonds. The van der Waals surface area contributed by atoms with E-state index in [-0.39, 0.29) is 6.61 Å². The number of para-hydroxylation sites is 1. The predicted molar refractivity (Wildman–Crippen MR) is 81.2 cm³/mol. The van der Waals surface area contributed by atoms with E-state index in [1.165, 1.54) is 11.1 Å². The minimum Gasteiger partial charge on any atom is -0.457 e. The highest BCUT2D eigenvalue weighted by Gasteiger charge is 2.05. The molecule has 0 fully saturated rings. The van der Waals surface area contributed by atoms with E-state index in [9.17, 15) is 0 Å². The van der Waals surface area contributed by atoms with Crippen molar-refractivity contribution in [3.05, 3.63) is 59.2 Å². The van der Waals surface area contributed by atoms with Gasteiger partial charge in [-0.25, -0.2) is 0 Å². The molecule has 2 rings (SSSR count). The van der Waals surface area contributed by atoms with Gasteiger partial charge in [-0.2, -0.15) is 0 Å². The van der Waals surface area contributed by atoms with Crippen molar-refractivity contribution >= 4 is 0 Å². The second-order valence-corrected chi connectivity index (χ2v) is 4.80. The molecule has 106 valence electrons. The second kappa shape index (κ2) is 7.08. The number of aliphatic hydroxyl groups excluding tert-OH is 1. The molecule has 0 atom stereocenters. The molecule has 2 aromatic rings. The molecule has 3 heteroatoms. The number of benzene rings is 2. The maximum atomic E-state index is 9.09. The van der Waals surface area contributed by atoms with E-state index in [4.69, 9.17) is 9.84 Å². The number of hydrogen-bond acceptors (Lipinski definition) is 3. The fraction of sp³-hybridized carbons (Fsp3) is 0.294. The van der Waals surface area contributed by atoms with E-state index in [0.717, 1.165) is 23.6 Å². The highest BCUT2D eigenvalue weighted by molar-refractivity contribution is 5.41. The van der Waals surface area contributed by atoms with Crippen molar-refractivity contribution in [3.63, 3.8) is 0 Å². The Kier molecular flexibility index (Phi) is 5.16. The molecule has 0 aromatic heterocycles. The van der Waals surface area contributed by atoms with Crippen LogP contribution in [0.4, 0.5) is 0 Å². The first kappa shape index (κ1) is 14.6. The van der Waals surface area contributed by atoms with E-state index >= 15 is 0 Å². The normalized spacial score (nSPS) is 10.6.